The molecule has 0 bridgehead atoms. The third kappa shape index (κ3) is 3.47. The first kappa shape index (κ1) is 11.8. The number of halogens is 3. The van der Waals surface area contributed by atoms with Crippen LogP contribution in [0.1, 0.15) is 0 Å². The van der Waals surface area contributed by atoms with Gasteiger partial charge in [0.15, 0.2) is 11.1 Å². The molecule has 1 unspecified atom stereocenters. The van der Waals surface area contributed by atoms with Crippen molar-refractivity contribution >= 4 is 21.1 Å². The van der Waals surface area contributed by atoms with Gasteiger partial charge in [0.1, 0.15) is 5.88 Å². The number of rotatable bonds is 3. The van der Waals surface area contributed by atoms with Crippen LogP contribution in [0.5, 0.6) is 0 Å². The maximum atomic E-state index is 11.5. The van der Waals surface area contributed by atoms with E-state index in [0.29, 0.717) is 0 Å². The van der Waals surface area contributed by atoms with Gasteiger partial charge in [-0.3, -0.25) is 0 Å². The summed E-state index contributed by atoms with van der Waals surface area (Å²) in [4.78, 5) is 0. The summed E-state index contributed by atoms with van der Waals surface area (Å²) in [5, 5.41) is 0. The van der Waals surface area contributed by atoms with Gasteiger partial charge in [-0.15, -0.1) is 0 Å². The van der Waals surface area contributed by atoms with Crippen LogP contribution in [0.15, 0.2) is 0 Å². The third-order valence-electron chi connectivity index (χ3n) is 0.677. The Kier molecular flexibility index (Phi) is 3.62. The largest absolute Gasteiger partial charge is 0.511 e. The van der Waals surface area contributed by atoms with Crippen molar-refractivity contribution < 1.29 is 30.4 Å². The van der Waals surface area contributed by atoms with Gasteiger partial charge in [-0.05, 0) is 0 Å². The minimum atomic E-state index is -5.50. The average Bonchev–Trinajstić information content (AvgIpc) is 1.81. The van der Waals surface area contributed by atoms with Crippen molar-refractivity contribution in [2.24, 2.45) is 0 Å². The molecule has 5 nitrogen and oxygen atoms in total. The van der Waals surface area contributed by atoms with Crippen molar-refractivity contribution in [1.82, 2.24) is 4.72 Å². The molecule has 0 aliphatic heterocycles. The van der Waals surface area contributed by atoms with E-state index in [1.54, 1.807) is 0 Å². The van der Waals surface area contributed by atoms with Crippen molar-refractivity contribution in [3.8, 4) is 0 Å². The summed E-state index contributed by atoms with van der Waals surface area (Å²) < 4.78 is 73.2. The van der Waals surface area contributed by atoms with Crippen LogP contribution in [0.3, 0.4) is 0 Å². The van der Waals surface area contributed by atoms with Crippen LogP contribution in [0.2, 0.25) is 0 Å². The molecule has 2 N–H and O–H groups in total. The van der Waals surface area contributed by atoms with Crippen LogP contribution >= 0.6 is 0 Å². The summed E-state index contributed by atoms with van der Waals surface area (Å²) in [5.74, 6) is -1.18. The monoisotopic (exact) mass is 227 g/mol. The van der Waals surface area contributed by atoms with Gasteiger partial charge in [0.2, 0.25) is 0 Å². The van der Waals surface area contributed by atoms with Crippen molar-refractivity contribution in [3.05, 3.63) is 0 Å². The van der Waals surface area contributed by atoms with Crippen molar-refractivity contribution in [1.29, 1.82) is 0 Å². The molecular formula is C2H4F3NO4S2. The fourth-order valence-corrected chi connectivity index (χ4v) is 1.40. The second kappa shape index (κ2) is 3.68. The zero-order valence-corrected chi connectivity index (χ0v) is 6.96. The zero-order chi connectivity index (χ0) is 9.99. The number of sulfonamides is 1. The van der Waals surface area contributed by atoms with E-state index in [1.807, 2.05) is 0 Å². The lowest BCUT2D eigenvalue weighted by Crippen LogP contribution is -2.37. The SMILES string of the molecule is O=S(O)CNS(=O)(=O)C(F)(F)F. The van der Waals surface area contributed by atoms with Crippen LogP contribution < -0.4 is 4.72 Å². The van der Waals surface area contributed by atoms with Crippen LogP contribution in [-0.4, -0.2) is 28.6 Å². The summed E-state index contributed by atoms with van der Waals surface area (Å²) in [6.45, 7) is 0. The molecule has 1 atom stereocenters. The summed E-state index contributed by atoms with van der Waals surface area (Å²) in [6.07, 6.45) is 0. The Morgan fingerprint density at radius 3 is 2.08 bits per heavy atom. The van der Waals surface area contributed by atoms with Gasteiger partial charge in [-0.25, -0.2) is 12.6 Å². The summed E-state index contributed by atoms with van der Waals surface area (Å²) >= 11 is -2.64. The van der Waals surface area contributed by atoms with Crippen LogP contribution in [0.4, 0.5) is 13.2 Å². The maximum absolute atomic E-state index is 11.5. The Morgan fingerprint density at radius 2 is 1.83 bits per heavy atom. The Morgan fingerprint density at radius 1 is 1.42 bits per heavy atom. The minimum absolute atomic E-state index is 0.895. The van der Waals surface area contributed by atoms with Crippen molar-refractivity contribution in [3.63, 3.8) is 0 Å². The second-order valence-electron chi connectivity index (χ2n) is 1.56. The molecule has 0 aromatic carbocycles. The molecule has 0 rings (SSSR count). The fourth-order valence-electron chi connectivity index (χ4n) is 0.210. The Balaban J connectivity index is 4.37. The van der Waals surface area contributed by atoms with Crippen LogP contribution in [0, 0.1) is 0 Å². The first-order valence-corrected chi connectivity index (χ1v) is 5.06. The van der Waals surface area contributed by atoms with E-state index in [1.165, 1.54) is 0 Å². The molecular weight excluding hydrogens is 223 g/mol. The predicted octanol–water partition coefficient (Wildman–Crippen LogP) is -0.395. The van der Waals surface area contributed by atoms with E-state index in [9.17, 15) is 25.8 Å². The summed E-state index contributed by atoms with van der Waals surface area (Å²) in [7, 11) is -5.50. The highest BCUT2D eigenvalue weighted by Crippen LogP contribution is 2.21. The van der Waals surface area contributed by atoms with Crippen LogP contribution in [-0.2, 0) is 21.1 Å². The minimum Gasteiger partial charge on any atom is -0.305 e. The number of hydrogen-bond donors (Lipinski definition) is 2. The van der Waals surface area contributed by atoms with Gasteiger partial charge in [-0.2, -0.15) is 17.9 Å². The van der Waals surface area contributed by atoms with E-state index in [2.05, 4.69) is 0 Å². The molecule has 0 saturated carbocycles. The molecule has 0 aliphatic rings. The lowest BCUT2D eigenvalue weighted by atomic mass is 11.5. The number of nitrogens with one attached hydrogen (secondary N) is 1. The normalized spacial score (nSPS) is 16.0. The molecule has 0 heterocycles. The number of alkyl halides is 3. The van der Waals surface area contributed by atoms with Crippen LogP contribution in [0.25, 0.3) is 0 Å². The van der Waals surface area contributed by atoms with Gasteiger partial charge in [0.05, 0.1) is 0 Å². The molecule has 0 amide bonds. The highest BCUT2D eigenvalue weighted by atomic mass is 32.2. The summed E-state index contributed by atoms with van der Waals surface area (Å²) in [5.41, 5.74) is -5.45. The third-order valence-corrected chi connectivity index (χ3v) is 2.38. The summed E-state index contributed by atoms with van der Waals surface area (Å²) in [6, 6.07) is 0. The maximum Gasteiger partial charge on any atom is 0.511 e. The lowest BCUT2D eigenvalue weighted by molar-refractivity contribution is -0.0446. The van der Waals surface area contributed by atoms with Gasteiger partial charge in [0.25, 0.3) is 0 Å². The molecule has 12 heavy (non-hydrogen) atoms. The van der Waals surface area contributed by atoms with Gasteiger partial charge < -0.3 is 4.55 Å². The highest BCUT2D eigenvalue weighted by Gasteiger charge is 2.45. The molecule has 0 aromatic heterocycles. The molecule has 0 spiro atoms. The topological polar surface area (TPSA) is 83.5 Å². The standard InChI is InChI=1S/C2H4F3NO4S2/c3-2(4,5)12(9,10)6-1-11(7)8/h6H,1H2,(H,7,8). The van der Waals surface area contributed by atoms with Gasteiger partial charge in [-0.1, -0.05) is 0 Å². The van der Waals surface area contributed by atoms with E-state index in [4.69, 9.17) is 4.55 Å². The Hall–Kier alpha value is -0.190. The smallest absolute Gasteiger partial charge is 0.305 e. The quantitative estimate of drug-likeness (QED) is 0.643. The van der Waals surface area contributed by atoms with E-state index < -0.39 is 32.5 Å². The molecule has 0 saturated heterocycles. The van der Waals surface area contributed by atoms with Crippen molar-refractivity contribution in [2.75, 3.05) is 5.88 Å². The molecule has 0 fully saturated rings. The molecule has 0 aromatic rings. The molecule has 0 aliphatic carbocycles. The van der Waals surface area contributed by atoms with Gasteiger partial charge >= 0.3 is 15.5 Å². The van der Waals surface area contributed by atoms with E-state index in [-0.39, 0.29) is 0 Å². The van der Waals surface area contributed by atoms with E-state index in [0.717, 1.165) is 4.72 Å². The average molecular weight is 227 g/mol. The Bertz CT molecular complexity index is 269. The Labute approximate surface area is 68.3 Å². The molecule has 74 valence electrons. The first-order chi connectivity index (χ1) is 5.17. The number of hydrogen-bond acceptors (Lipinski definition) is 3. The molecule has 10 heteroatoms. The first-order valence-electron chi connectivity index (χ1n) is 2.30. The lowest BCUT2D eigenvalue weighted by Gasteiger charge is -2.06. The fraction of sp³-hybridized carbons (Fsp3) is 1.00. The zero-order valence-electron chi connectivity index (χ0n) is 5.33. The van der Waals surface area contributed by atoms with Crippen molar-refractivity contribution in [2.45, 2.75) is 5.51 Å². The highest BCUT2D eigenvalue weighted by molar-refractivity contribution is 7.91. The van der Waals surface area contributed by atoms with E-state index >= 15 is 0 Å². The molecule has 0 radical (unpaired) electrons. The second-order valence-corrected chi connectivity index (χ2v) is 4.25. The predicted molar refractivity (Wildman–Crippen MR) is 33.7 cm³/mol. The van der Waals surface area contributed by atoms with Gasteiger partial charge in [0, 0.05) is 0 Å².